The molecule has 9 heteroatoms. The monoisotopic (exact) mass is 429 g/mol. The van der Waals surface area contributed by atoms with Crippen LogP contribution >= 0.6 is 0 Å². The Morgan fingerprint density at radius 1 is 1.26 bits per heavy atom. The first-order valence-electron chi connectivity index (χ1n) is 10.5. The van der Waals surface area contributed by atoms with Crippen molar-refractivity contribution < 1.29 is 18.7 Å². The molecule has 1 aliphatic heterocycles. The van der Waals surface area contributed by atoms with E-state index in [4.69, 9.17) is 15.2 Å². The number of fused-ring (bicyclic) bond motifs is 1. The number of amides is 1. The number of nitrogen functional groups attached to an aromatic ring is 1. The molecule has 0 unspecified atom stereocenters. The molecule has 2 aliphatic rings. The summed E-state index contributed by atoms with van der Waals surface area (Å²) in [6.07, 6.45) is 7.31. The van der Waals surface area contributed by atoms with Crippen LogP contribution in [-0.2, 0) is 4.79 Å². The number of ether oxygens (including phenoxy) is 2. The number of nitrogens with two attached hydrogens (primary N) is 1. The van der Waals surface area contributed by atoms with Crippen LogP contribution in [0.1, 0.15) is 26.2 Å². The summed E-state index contributed by atoms with van der Waals surface area (Å²) in [5, 5.41) is 0.362. The zero-order valence-electron chi connectivity index (χ0n) is 18.1. The second-order valence-electron chi connectivity index (χ2n) is 8.11. The molecule has 1 saturated heterocycles. The Balaban J connectivity index is 1.57. The van der Waals surface area contributed by atoms with Gasteiger partial charge >= 0.3 is 0 Å². The fraction of sp³-hybridized carbons (Fsp3) is 0.500. The minimum absolute atomic E-state index is 0.0271. The number of piperazine rings is 1. The van der Waals surface area contributed by atoms with Crippen LogP contribution in [0.2, 0.25) is 0 Å². The van der Waals surface area contributed by atoms with Gasteiger partial charge in [-0.05, 0) is 37.8 Å². The molecule has 2 aromatic rings. The van der Waals surface area contributed by atoms with E-state index < -0.39 is 5.82 Å². The van der Waals surface area contributed by atoms with Gasteiger partial charge in [-0.3, -0.25) is 4.79 Å². The molecule has 2 heterocycles. The van der Waals surface area contributed by atoms with E-state index in [2.05, 4.69) is 9.97 Å². The molecule has 166 valence electrons. The molecule has 31 heavy (non-hydrogen) atoms. The number of carbonyl (C=O) groups excluding carboxylic acids is 1. The molecule has 1 amide bonds. The van der Waals surface area contributed by atoms with Crippen molar-refractivity contribution in [1.82, 2.24) is 14.9 Å². The average Bonchev–Trinajstić information content (AvgIpc) is 2.72. The van der Waals surface area contributed by atoms with Gasteiger partial charge in [0.05, 0.1) is 14.2 Å². The molecule has 1 atom stereocenters. The summed E-state index contributed by atoms with van der Waals surface area (Å²) in [4.78, 5) is 25.2. The molecule has 4 rings (SSSR count). The minimum atomic E-state index is -0.644. The number of rotatable bonds is 5. The Bertz CT molecular complexity index is 1020. The van der Waals surface area contributed by atoms with E-state index in [9.17, 15) is 4.79 Å². The van der Waals surface area contributed by atoms with E-state index in [1.54, 1.807) is 12.1 Å². The molecule has 1 aromatic heterocycles. The van der Waals surface area contributed by atoms with Crippen LogP contribution in [0.15, 0.2) is 18.2 Å². The number of allylic oxidation sites excluding steroid dienone is 1. The first-order valence-corrected chi connectivity index (χ1v) is 10.5. The maximum Gasteiger partial charge on any atom is 0.246 e. The second kappa shape index (κ2) is 8.56. The van der Waals surface area contributed by atoms with Crippen LogP contribution in [0.4, 0.5) is 16.2 Å². The average molecular weight is 429 g/mol. The van der Waals surface area contributed by atoms with Gasteiger partial charge in [0.25, 0.3) is 0 Å². The van der Waals surface area contributed by atoms with Crippen LogP contribution < -0.4 is 20.1 Å². The summed E-state index contributed by atoms with van der Waals surface area (Å²) < 4.78 is 25.4. The number of benzene rings is 1. The van der Waals surface area contributed by atoms with Crippen molar-refractivity contribution in [2.24, 2.45) is 5.92 Å². The van der Waals surface area contributed by atoms with Gasteiger partial charge in [-0.25, -0.2) is 9.37 Å². The number of nitrogens with zero attached hydrogens (tertiary/aromatic N) is 4. The number of carbonyl (C=O) groups is 1. The van der Waals surface area contributed by atoms with Crippen LogP contribution in [-0.4, -0.2) is 60.7 Å². The van der Waals surface area contributed by atoms with Gasteiger partial charge in [0, 0.05) is 31.1 Å². The molecule has 0 radical (unpaired) electrons. The van der Waals surface area contributed by atoms with Crippen LogP contribution in [0.25, 0.3) is 10.9 Å². The summed E-state index contributed by atoms with van der Waals surface area (Å²) in [7, 11) is 2.80. The Labute approximate surface area is 180 Å². The zero-order chi connectivity index (χ0) is 22.1. The van der Waals surface area contributed by atoms with Crippen molar-refractivity contribution in [2.75, 3.05) is 44.5 Å². The topological polar surface area (TPSA) is 93.8 Å². The third kappa shape index (κ3) is 3.96. The lowest BCUT2D eigenvalue weighted by atomic mass is 9.85. The molecular formula is C22H28FN5O3. The smallest absolute Gasteiger partial charge is 0.246 e. The van der Waals surface area contributed by atoms with Gasteiger partial charge in [0.2, 0.25) is 11.9 Å². The maximum absolute atomic E-state index is 15.1. The molecule has 0 spiro atoms. The fourth-order valence-electron chi connectivity index (χ4n) is 4.08. The highest BCUT2D eigenvalue weighted by atomic mass is 19.1. The highest BCUT2D eigenvalue weighted by molar-refractivity contribution is 5.92. The summed E-state index contributed by atoms with van der Waals surface area (Å²) in [6, 6.07) is 1.53. The van der Waals surface area contributed by atoms with Crippen LogP contribution in [0.3, 0.4) is 0 Å². The lowest BCUT2D eigenvalue weighted by Crippen LogP contribution is -2.54. The predicted octanol–water partition coefficient (Wildman–Crippen LogP) is 2.76. The number of hydrogen-bond acceptors (Lipinski definition) is 7. The number of aromatic nitrogens is 2. The molecule has 8 nitrogen and oxygen atoms in total. The van der Waals surface area contributed by atoms with Crippen molar-refractivity contribution in [3.63, 3.8) is 0 Å². The van der Waals surface area contributed by atoms with Crippen molar-refractivity contribution in [3.05, 3.63) is 24.0 Å². The van der Waals surface area contributed by atoms with Crippen molar-refractivity contribution in [1.29, 1.82) is 0 Å². The molecule has 0 bridgehead atoms. The number of anilines is 2. The molecule has 2 N–H and O–H groups in total. The Morgan fingerprint density at radius 2 is 2.03 bits per heavy atom. The van der Waals surface area contributed by atoms with Crippen molar-refractivity contribution >= 4 is 28.6 Å². The Morgan fingerprint density at radius 3 is 2.65 bits per heavy atom. The third-order valence-corrected chi connectivity index (χ3v) is 6.15. The molecule has 1 saturated carbocycles. The first kappa shape index (κ1) is 21.1. The predicted molar refractivity (Wildman–Crippen MR) is 117 cm³/mol. The van der Waals surface area contributed by atoms with Crippen molar-refractivity contribution in [3.8, 4) is 11.5 Å². The lowest BCUT2D eigenvalue weighted by molar-refractivity contribution is -0.126. The fourth-order valence-corrected chi connectivity index (χ4v) is 4.08. The van der Waals surface area contributed by atoms with E-state index in [0.29, 0.717) is 36.9 Å². The Kier molecular flexibility index (Phi) is 5.84. The highest BCUT2D eigenvalue weighted by Gasteiger charge is 2.29. The van der Waals surface area contributed by atoms with Gasteiger partial charge in [0.15, 0.2) is 17.3 Å². The normalized spacial score (nSPS) is 19.7. The molecule has 2 fully saturated rings. The van der Waals surface area contributed by atoms with E-state index in [1.807, 2.05) is 22.8 Å². The van der Waals surface area contributed by atoms with E-state index in [1.165, 1.54) is 33.5 Å². The molecular weight excluding hydrogens is 401 g/mol. The van der Waals surface area contributed by atoms with Gasteiger partial charge in [-0.1, -0.05) is 12.5 Å². The number of methoxy groups -OCH3 is 2. The molecule has 1 aromatic carbocycles. The summed E-state index contributed by atoms with van der Waals surface area (Å²) in [5.74, 6) is 0.624. The van der Waals surface area contributed by atoms with Crippen LogP contribution in [0, 0.1) is 11.7 Å². The quantitative estimate of drug-likeness (QED) is 0.731. The SMILES string of the molecule is COc1cc2c(N)nc(N3CCN(C(=O)C=CC4CCC4)C[C@@H]3C)nc2c(F)c1OC. The maximum atomic E-state index is 15.1. The van der Waals surface area contributed by atoms with Gasteiger partial charge in [-0.2, -0.15) is 4.98 Å². The Hall–Kier alpha value is -3.10. The number of hydrogen-bond donors (Lipinski definition) is 1. The zero-order valence-corrected chi connectivity index (χ0v) is 18.1. The van der Waals surface area contributed by atoms with E-state index >= 15 is 4.39 Å². The van der Waals surface area contributed by atoms with Crippen molar-refractivity contribution in [2.45, 2.75) is 32.2 Å². The van der Waals surface area contributed by atoms with E-state index in [-0.39, 0.29) is 34.8 Å². The van der Waals surface area contributed by atoms with Gasteiger partial charge < -0.3 is 25.0 Å². The summed E-state index contributed by atoms with van der Waals surface area (Å²) in [5.41, 5.74) is 6.22. The third-order valence-electron chi connectivity index (χ3n) is 6.15. The lowest BCUT2D eigenvalue weighted by Gasteiger charge is -2.39. The van der Waals surface area contributed by atoms with Crippen LogP contribution in [0.5, 0.6) is 11.5 Å². The first-order chi connectivity index (χ1) is 14.9. The summed E-state index contributed by atoms with van der Waals surface area (Å²) >= 11 is 0. The minimum Gasteiger partial charge on any atom is -0.493 e. The second-order valence-corrected chi connectivity index (χ2v) is 8.11. The largest absolute Gasteiger partial charge is 0.493 e. The van der Waals surface area contributed by atoms with E-state index in [0.717, 1.165) is 0 Å². The molecule has 1 aliphatic carbocycles. The number of halogens is 1. The van der Waals surface area contributed by atoms with Gasteiger partial charge in [0.1, 0.15) is 11.3 Å². The standard InChI is InChI=1S/C22H28FN5O3/c1-13-12-27(17(29)8-7-14-5-4-6-14)9-10-28(13)22-25-19-15(21(24)26-22)11-16(30-2)20(31-3)18(19)23/h7-8,11,13-14H,4-6,9-10,12H2,1-3H3,(H2,24,25,26)/t13-/m0/s1. The highest BCUT2D eigenvalue weighted by Crippen LogP contribution is 2.37. The van der Waals surface area contributed by atoms with Gasteiger partial charge in [-0.15, -0.1) is 0 Å². The summed E-state index contributed by atoms with van der Waals surface area (Å²) in [6.45, 7) is 3.59.